The number of carbonyl (C=O) groups is 1. The summed E-state index contributed by atoms with van der Waals surface area (Å²) in [6.07, 6.45) is -4.67. The number of hydrogen-bond acceptors (Lipinski definition) is 6. The summed E-state index contributed by atoms with van der Waals surface area (Å²) in [4.78, 5) is 27.2. The summed E-state index contributed by atoms with van der Waals surface area (Å²) in [5.41, 5.74) is -2.41. The van der Waals surface area contributed by atoms with Gasteiger partial charge in [-0.2, -0.15) is 0 Å². The van der Waals surface area contributed by atoms with Gasteiger partial charge >= 0.3 is 7.60 Å². The van der Waals surface area contributed by atoms with Crippen LogP contribution in [0.1, 0.15) is 6.92 Å². The topological polar surface area (TPSA) is 156 Å². The second-order valence-corrected chi connectivity index (χ2v) is 4.99. The van der Waals surface area contributed by atoms with Crippen LogP contribution in [0.5, 0.6) is 0 Å². The Bertz CT molecular complexity index is 270. The van der Waals surface area contributed by atoms with Crippen LogP contribution in [0.15, 0.2) is 0 Å². The molecule has 0 aliphatic heterocycles. The van der Waals surface area contributed by atoms with Crippen molar-refractivity contribution in [3.05, 3.63) is 0 Å². The molecular formula is C6H13O8P. The van der Waals surface area contributed by atoms with Gasteiger partial charge in [0.2, 0.25) is 0 Å². The molecule has 0 aromatic rings. The SMILES string of the molecule is CC(O)(C=O)C(O)C(O)C(O)P(=O)(O)O. The molecular weight excluding hydrogens is 231 g/mol. The van der Waals surface area contributed by atoms with E-state index in [-0.39, 0.29) is 6.29 Å². The van der Waals surface area contributed by atoms with E-state index in [4.69, 9.17) is 30.2 Å². The van der Waals surface area contributed by atoms with Gasteiger partial charge < -0.3 is 35.0 Å². The summed E-state index contributed by atoms with van der Waals surface area (Å²) in [7, 11) is -5.03. The van der Waals surface area contributed by atoms with Crippen molar-refractivity contribution in [2.24, 2.45) is 0 Å². The average Bonchev–Trinajstić information content (AvgIpc) is 2.12. The maximum Gasteiger partial charge on any atom is 0.356 e. The quantitative estimate of drug-likeness (QED) is 0.223. The Morgan fingerprint density at radius 2 is 1.67 bits per heavy atom. The molecule has 90 valence electrons. The second-order valence-electron chi connectivity index (χ2n) is 3.28. The largest absolute Gasteiger partial charge is 0.387 e. The highest BCUT2D eigenvalue weighted by Crippen LogP contribution is 2.42. The fraction of sp³-hybridized carbons (Fsp3) is 0.833. The summed E-state index contributed by atoms with van der Waals surface area (Å²) in [5.74, 6) is -2.57. The third-order valence-corrected chi connectivity index (χ3v) is 2.81. The molecule has 0 aromatic heterocycles. The Morgan fingerprint density at radius 1 is 1.27 bits per heavy atom. The van der Waals surface area contributed by atoms with Crippen LogP contribution in [0.2, 0.25) is 0 Å². The molecule has 4 unspecified atom stereocenters. The molecule has 0 aliphatic carbocycles. The molecule has 15 heavy (non-hydrogen) atoms. The molecule has 0 aromatic carbocycles. The van der Waals surface area contributed by atoms with Crippen LogP contribution in [0, 0.1) is 0 Å². The van der Waals surface area contributed by atoms with Gasteiger partial charge in [-0.1, -0.05) is 0 Å². The summed E-state index contributed by atoms with van der Waals surface area (Å²) in [6, 6.07) is 0. The lowest BCUT2D eigenvalue weighted by atomic mass is 9.97. The molecule has 0 fully saturated rings. The van der Waals surface area contributed by atoms with Crippen molar-refractivity contribution in [1.82, 2.24) is 0 Å². The van der Waals surface area contributed by atoms with Crippen LogP contribution in [0.25, 0.3) is 0 Å². The van der Waals surface area contributed by atoms with E-state index >= 15 is 0 Å². The average molecular weight is 244 g/mol. The number of aldehydes is 1. The molecule has 0 saturated heterocycles. The zero-order valence-corrected chi connectivity index (χ0v) is 8.65. The molecule has 0 bridgehead atoms. The first-order valence-electron chi connectivity index (χ1n) is 3.82. The monoisotopic (exact) mass is 244 g/mol. The van der Waals surface area contributed by atoms with Crippen LogP contribution in [0.4, 0.5) is 0 Å². The number of aliphatic hydroxyl groups is 4. The molecule has 0 saturated carbocycles. The minimum absolute atomic E-state index is 0.118. The summed E-state index contributed by atoms with van der Waals surface area (Å²) >= 11 is 0. The third kappa shape index (κ3) is 3.62. The Labute approximate surface area is 85.0 Å². The zero-order valence-electron chi connectivity index (χ0n) is 7.76. The molecule has 4 atom stereocenters. The number of aliphatic hydroxyl groups excluding tert-OH is 3. The van der Waals surface area contributed by atoms with Crippen LogP contribution in [-0.4, -0.2) is 60.2 Å². The predicted octanol–water partition coefficient (Wildman–Crippen LogP) is -2.85. The first-order valence-corrected chi connectivity index (χ1v) is 5.50. The fourth-order valence-corrected chi connectivity index (χ4v) is 1.34. The van der Waals surface area contributed by atoms with Crippen molar-refractivity contribution in [2.75, 3.05) is 0 Å². The normalized spacial score (nSPS) is 22.6. The van der Waals surface area contributed by atoms with Gasteiger partial charge in [0.1, 0.15) is 17.8 Å². The minimum Gasteiger partial charge on any atom is -0.387 e. The molecule has 0 spiro atoms. The highest BCUT2D eigenvalue weighted by atomic mass is 31.2. The number of rotatable bonds is 5. The van der Waals surface area contributed by atoms with Crippen molar-refractivity contribution >= 4 is 13.9 Å². The van der Waals surface area contributed by atoms with E-state index < -0.39 is 31.2 Å². The van der Waals surface area contributed by atoms with Gasteiger partial charge in [-0.15, -0.1) is 0 Å². The lowest BCUT2D eigenvalue weighted by Gasteiger charge is -2.30. The lowest BCUT2D eigenvalue weighted by molar-refractivity contribution is -0.152. The van der Waals surface area contributed by atoms with E-state index in [1.807, 2.05) is 0 Å². The highest BCUT2D eigenvalue weighted by Gasteiger charge is 2.44. The molecule has 8 nitrogen and oxygen atoms in total. The molecule has 0 aliphatic rings. The third-order valence-electron chi connectivity index (χ3n) is 1.81. The molecule has 0 amide bonds. The molecule has 0 radical (unpaired) electrons. The van der Waals surface area contributed by atoms with Gasteiger partial charge in [-0.3, -0.25) is 4.57 Å². The Kier molecular flexibility index (Phi) is 4.56. The predicted molar refractivity (Wildman–Crippen MR) is 46.8 cm³/mol. The Morgan fingerprint density at radius 3 is 1.93 bits per heavy atom. The summed E-state index contributed by atoms with van der Waals surface area (Å²) < 4.78 is 10.5. The van der Waals surface area contributed by atoms with Crippen molar-refractivity contribution in [1.29, 1.82) is 0 Å². The van der Waals surface area contributed by atoms with E-state index in [9.17, 15) is 9.36 Å². The second kappa shape index (κ2) is 4.67. The molecule has 6 N–H and O–H groups in total. The van der Waals surface area contributed by atoms with Gasteiger partial charge in [0, 0.05) is 0 Å². The first-order chi connectivity index (χ1) is 6.54. The van der Waals surface area contributed by atoms with Crippen molar-refractivity contribution in [2.45, 2.75) is 30.6 Å². The van der Waals surface area contributed by atoms with Crippen LogP contribution < -0.4 is 0 Å². The van der Waals surface area contributed by atoms with Crippen molar-refractivity contribution in [3.8, 4) is 0 Å². The Balaban J connectivity index is 4.80. The summed E-state index contributed by atoms with van der Waals surface area (Å²) in [5, 5.41) is 36.2. The van der Waals surface area contributed by atoms with Crippen LogP contribution in [0.3, 0.4) is 0 Å². The van der Waals surface area contributed by atoms with Gasteiger partial charge in [0.25, 0.3) is 0 Å². The highest BCUT2D eigenvalue weighted by molar-refractivity contribution is 7.52. The van der Waals surface area contributed by atoms with Gasteiger partial charge in [-0.05, 0) is 6.92 Å². The van der Waals surface area contributed by atoms with E-state index in [0.717, 1.165) is 6.92 Å². The standard InChI is InChI=1S/C6H13O8P/c1-6(11,2-7)4(9)3(8)5(10)15(12,13)14/h2-5,8-11H,1H3,(H2,12,13,14). The molecule has 9 heteroatoms. The number of carbonyl (C=O) groups excluding carboxylic acids is 1. The van der Waals surface area contributed by atoms with Gasteiger partial charge in [0.15, 0.2) is 12.1 Å². The zero-order chi connectivity index (χ0) is 12.4. The van der Waals surface area contributed by atoms with E-state index in [0.29, 0.717) is 0 Å². The van der Waals surface area contributed by atoms with Crippen molar-refractivity contribution in [3.63, 3.8) is 0 Å². The van der Waals surface area contributed by atoms with Crippen molar-refractivity contribution < 1.29 is 39.6 Å². The van der Waals surface area contributed by atoms with Gasteiger partial charge in [-0.25, -0.2) is 0 Å². The number of hydrogen-bond donors (Lipinski definition) is 6. The maximum absolute atomic E-state index is 10.5. The maximum atomic E-state index is 10.5. The molecule has 0 rings (SSSR count). The van der Waals surface area contributed by atoms with Crippen LogP contribution >= 0.6 is 7.60 Å². The van der Waals surface area contributed by atoms with Crippen LogP contribution in [-0.2, 0) is 9.36 Å². The Hall–Kier alpha value is -0.340. The van der Waals surface area contributed by atoms with E-state index in [1.54, 1.807) is 0 Å². The smallest absolute Gasteiger partial charge is 0.356 e. The lowest BCUT2D eigenvalue weighted by Crippen LogP contribution is -2.52. The van der Waals surface area contributed by atoms with Gasteiger partial charge in [0.05, 0.1) is 0 Å². The fourth-order valence-electron chi connectivity index (χ4n) is 0.777. The minimum atomic E-state index is -5.03. The first kappa shape index (κ1) is 14.7. The summed E-state index contributed by atoms with van der Waals surface area (Å²) in [6.45, 7) is 0.820. The van der Waals surface area contributed by atoms with E-state index in [1.165, 1.54) is 0 Å². The molecule has 0 heterocycles. The van der Waals surface area contributed by atoms with E-state index in [2.05, 4.69) is 0 Å².